The van der Waals surface area contributed by atoms with E-state index in [1.54, 1.807) is 0 Å². The minimum absolute atomic E-state index is 0.0270. The molecule has 76 valence electrons. The van der Waals surface area contributed by atoms with Gasteiger partial charge in [0, 0.05) is 12.0 Å². The Labute approximate surface area is 86.1 Å². The quantitative estimate of drug-likeness (QED) is 0.659. The number of hydrogen-bond acceptors (Lipinski definition) is 1. The zero-order valence-electron chi connectivity index (χ0n) is 9.48. The lowest BCUT2D eigenvalue weighted by Gasteiger charge is -2.21. The molecule has 1 aromatic rings. The number of aryl methyl sites for hydroxylation is 2. The molecule has 1 unspecified atom stereocenters. The molecule has 0 fully saturated rings. The standard InChI is InChI=1S/C13H18O/c1-5-13(4)8-11-9(2)6-7-10(3)12(11)14-13/h6-7H,5,8H2,1-4H3. The summed E-state index contributed by atoms with van der Waals surface area (Å²) in [6, 6.07) is 4.34. The zero-order valence-corrected chi connectivity index (χ0v) is 9.48. The van der Waals surface area contributed by atoms with Gasteiger partial charge >= 0.3 is 0 Å². The average Bonchev–Trinajstić information content (AvgIpc) is 2.52. The van der Waals surface area contributed by atoms with Gasteiger partial charge in [-0.3, -0.25) is 0 Å². The lowest BCUT2D eigenvalue weighted by atomic mass is 9.94. The van der Waals surface area contributed by atoms with Crippen LogP contribution in [0.3, 0.4) is 0 Å². The maximum atomic E-state index is 6.06. The fraction of sp³-hybridized carbons (Fsp3) is 0.538. The number of rotatable bonds is 1. The molecule has 0 saturated heterocycles. The zero-order chi connectivity index (χ0) is 10.3. The normalized spacial score (nSPS) is 24.6. The third-order valence-corrected chi connectivity index (χ3v) is 3.34. The van der Waals surface area contributed by atoms with Crippen LogP contribution in [0.4, 0.5) is 0 Å². The highest BCUT2D eigenvalue weighted by Gasteiger charge is 2.34. The molecule has 0 N–H and O–H groups in total. The van der Waals surface area contributed by atoms with Crippen molar-refractivity contribution in [1.29, 1.82) is 0 Å². The largest absolute Gasteiger partial charge is 0.487 e. The van der Waals surface area contributed by atoms with Crippen molar-refractivity contribution >= 4 is 0 Å². The van der Waals surface area contributed by atoms with Gasteiger partial charge in [-0.2, -0.15) is 0 Å². The van der Waals surface area contributed by atoms with Gasteiger partial charge in [-0.05, 0) is 38.3 Å². The van der Waals surface area contributed by atoms with Gasteiger partial charge < -0.3 is 4.74 Å². The van der Waals surface area contributed by atoms with Crippen molar-refractivity contribution < 1.29 is 4.74 Å². The monoisotopic (exact) mass is 190 g/mol. The Morgan fingerprint density at radius 3 is 2.50 bits per heavy atom. The van der Waals surface area contributed by atoms with E-state index in [1.165, 1.54) is 16.7 Å². The van der Waals surface area contributed by atoms with Crippen LogP contribution < -0.4 is 4.74 Å². The lowest BCUT2D eigenvalue weighted by molar-refractivity contribution is 0.111. The molecule has 2 rings (SSSR count). The van der Waals surface area contributed by atoms with E-state index in [-0.39, 0.29) is 5.60 Å². The van der Waals surface area contributed by atoms with Crippen LogP contribution >= 0.6 is 0 Å². The molecular weight excluding hydrogens is 172 g/mol. The summed E-state index contributed by atoms with van der Waals surface area (Å²) >= 11 is 0. The molecule has 0 bridgehead atoms. The molecule has 0 amide bonds. The highest BCUT2D eigenvalue weighted by atomic mass is 16.5. The molecule has 1 heteroatoms. The molecule has 1 aliphatic heterocycles. The van der Waals surface area contributed by atoms with Crippen LogP contribution in [0.2, 0.25) is 0 Å². The van der Waals surface area contributed by atoms with Crippen molar-refractivity contribution in [3.8, 4) is 5.75 Å². The molecule has 0 radical (unpaired) electrons. The molecular formula is C13H18O. The Morgan fingerprint density at radius 1 is 1.29 bits per heavy atom. The summed E-state index contributed by atoms with van der Waals surface area (Å²) in [5, 5.41) is 0. The summed E-state index contributed by atoms with van der Waals surface area (Å²) in [6.07, 6.45) is 2.13. The van der Waals surface area contributed by atoms with E-state index in [2.05, 4.69) is 39.8 Å². The van der Waals surface area contributed by atoms with E-state index in [1.807, 2.05) is 0 Å². The SMILES string of the molecule is CCC1(C)Cc2c(C)ccc(C)c2O1. The maximum Gasteiger partial charge on any atom is 0.126 e. The molecule has 1 atom stereocenters. The first-order valence-electron chi connectivity index (χ1n) is 5.34. The summed E-state index contributed by atoms with van der Waals surface area (Å²) in [7, 11) is 0. The first kappa shape index (κ1) is 9.57. The summed E-state index contributed by atoms with van der Waals surface area (Å²) in [5.41, 5.74) is 4.07. The second kappa shape index (κ2) is 3.01. The molecule has 14 heavy (non-hydrogen) atoms. The molecule has 0 spiro atoms. The van der Waals surface area contributed by atoms with Crippen LogP contribution in [0, 0.1) is 13.8 Å². The average molecular weight is 190 g/mol. The number of ether oxygens (including phenoxy) is 1. The predicted molar refractivity (Wildman–Crippen MR) is 58.9 cm³/mol. The van der Waals surface area contributed by atoms with Crippen LogP contribution in [-0.2, 0) is 6.42 Å². The van der Waals surface area contributed by atoms with E-state index in [4.69, 9.17) is 4.74 Å². The Kier molecular flexibility index (Phi) is 2.06. The van der Waals surface area contributed by atoms with Crippen LogP contribution in [0.1, 0.15) is 37.0 Å². The van der Waals surface area contributed by atoms with Crippen molar-refractivity contribution in [2.75, 3.05) is 0 Å². The van der Waals surface area contributed by atoms with Gasteiger partial charge in [-0.15, -0.1) is 0 Å². The fourth-order valence-corrected chi connectivity index (χ4v) is 2.06. The Bertz CT molecular complexity index is 335. The van der Waals surface area contributed by atoms with E-state index < -0.39 is 0 Å². The van der Waals surface area contributed by atoms with Crippen molar-refractivity contribution in [1.82, 2.24) is 0 Å². The molecule has 1 aromatic carbocycles. The number of benzene rings is 1. The first-order valence-corrected chi connectivity index (χ1v) is 5.34. The van der Waals surface area contributed by atoms with E-state index in [0.29, 0.717) is 0 Å². The van der Waals surface area contributed by atoms with E-state index in [0.717, 1.165) is 18.6 Å². The number of hydrogen-bond donors (Lipinski definition) is 0. The summed E-state index contributed by atoms with van der Waals surface area (Å²) in [6.45, 7) is 8.69. The summed E-state index contributed by atoms with van der Waals surface area (Å²) in [4.78, 5) is 0. The minimum atomic E-state index is 0.0270. The van der Waals surface area contributed by atoms with Crippen molar-refractivity contribution in [3.05, 3.63) is 28.8 Å². The smallest absolute Gasteiger partial charge is 0.126 e. The Hall–Kier alpha value is -0.980. The van der Waals surface area contributed by atoms with Gasteiger partial charge in [0.2, 0.25) is 0 Å². The lowest BCUT2D eigenvalue weighted by Crippen LogP contribution is -2.28. The third-order valence-electron chi connectivity index (χ3n) is 3.34. The van der Waals surface area contributed by atoms with Gasteiger partial charge in [0.1, 0.15) is 11.4 Å². The third kappa shape index (κ3) is 1.31. The predicted octanol–water partition coefficient (Wildman–Crippen LogP) is 3.41. The molecule has 1 heterocycles. The van der Waals surface area contributed by atoms with Gasteiger partial charge in [-0.1, -0.05) is 19.1 Å². The van der Waals surface area contributed by atoms with Crippen molar-refractivity contribution in [2.24, 2.45) is 0 Å². The topological polar surface area (TPSA) is 9.23 Å². The van der Waals surface area contributed by atoms with Crippen LogP contribution in [0.5, 0.6) is 5.75 Å². The van der Waals surface area contributed by atoms with Crippen molar-refractivity contribution in [3.63, 3.8) is 0 Å². The Balaban J connectivity index is 2.48. The molecule has 1 nitrogen and oxygen atoms in total. The molecule has 1 aliphatic rings. The van der Waals surface area contributed by atoms with Gasteiger partial charge in [0.25, 0.3) is 0 Å². The van der Waals surface area contributed by atoms with Crippen molar-refractivity contribution in [2.45, 2.75) is 46.1 Å². The molecule has 0 aliphatic carbocycles. The summed E-state index contributed by atoms with van der Waals surface area (Å²) < 4.78 is 6.06. The van der Waals surface area contributed by atoms with Crippen LogP contribution in [-0.4, -0.2) is 5.60 Å². The number of fused-ring (bicyclic) bond motifs is 1. The van der Waals surface area contributed by atoms with Crippen LogP contribution in [0.25, 0.3) is 0 Å². The van der Waals surface area contributed by atoms with Gasteiger partial charge in [-0.25, -0.2) is 0 Å². The highest BCUT2D eigenvalue weighted by Crippen LogP contribution is 2.40. The minimum Gasteiger partial charge on any atom is -0.487 e. The van der Waals surface area contributed by atoms with Gasteiger partial charge in [0.15, 0.2) is 0 Å². The van der Waals surface area contributed by atoms with Gasteiger partial charge in [0.05, 0.1) is 0 Å². The van der Waals surface area contributed by atoms with Crippen LogP contribution in [0.15, 0.2) is 12.1 Å². The second-order valence-electron chi connectivity index (χ2n) is 4.59. The van der Waals surface area contributed by atoms with E-state index >= 15 is 0 Å². The van der Waals surface area contributed by atoms with E-state index in [9.17, 15) is 0 Å². The fourth-order valence-electron chi connectivity index (χ4n) is 2.06. The molecule has 0 saturated carbocycles. The second-order valence-corrected chi connectivity index (χ2v) is 4.59. The molecule has 0 aromatic heterocycles. The highest BCUT2D eigenvalue weighted by molar-refractivity contribution is 5.49. The Morgan fingerprint density at radius 2 is 1.93 bits per heavy atom. The summed E-state index contributed by atoms with van der Waals surface area (Å²) in [5.74, 6) is 1.13. The first-order chi connectivity index (χ1) is 6.56. The maximum absolute atomic E-state index is 6.06.